The van der Waals surface area contributed by atoms with Crippen molar-refractivity contribution in [2.45, 2.75) is 63.8 Å². The minimum atomic E-state index is 0.0327. The fourth-order valence-electron chi connectivity index (χ4n) is 5.83. The second-order valence-corrected chi connectivity index (χ2v) is 8.72. The molecule has 0 unspecified atom stereocenters. The summed E-state index contributed by atoms with van der Waals surface area (Å²) in [6.45, 7) is 2.81. The Balaban J connectivity index is 1.46. The van der Waals surface area contributed by atoms with Gasteiger partial charge in [0.2, 0.25) is 0 Å². The molecule has 4 aliphatic carbocycles. The van der Waals surface area contributed by atoms with Crippen molar-refractivity contribution in [1.82, 2.24) is 5.32 Å². The normalized spacial score (nSPS) is 31.7. The number of hydrogen-bond donors (Lipinski definition) is 1. The molecule has 0 spiro atoms. The maximum absolute atomic E-state index is 13.0. The lowest BCUT2D eigenvalue weighted by Gasteiger charge is -2.56. The number of carbonyl (C=O) groups is 1. The zero-order chi connectivity index (χ0) is 18.1. The first-order valence-corrected chi connectivity index (χ1v) is 10.2. The number of ether oxygens (including phenoxy) is 2. The fourth-order valence-corrected chi connectivity index (χ4v) is 5.83. The quantitative estimate of drug-likeness (QED) is 0.727. The van der Waals surface area contributed by atoms with Crippen LogP contribution < -0.4 is 14.8 Å². The van der Waals surface area contributed by atoms with E-state index in [4.69, 9.17) is 9.47 Å². The standard InChI is InChI=1S/C22H31NO3/c1-3-4-7-26-19-6-5-18(11-20(19)25-2)21(24)23-22-12-15-8-16(13-22)10-17(9-15)14-22/h5-6,11,15-17H,3-4,7-10,12-14H2,1-2H3,(H,23,24). The highest BCUT2D eigenvalue weighted by Crippen LogP contribution is 2.55. The summed E-state index contributed by atoms with van der Waals surface area (Å²) >= 11 is 0. The highest BCUT2D eigenvalue weighted by Gasteiger charge is 2.51. The monoisotopic (exact) mass is 357 g/mol. The van der Waals surface area contributed by atoms with Gasteiger partial charge < -0.3 is 14.8 Å². The number of unbranched alkanes of at least 4 members (excludes halogenated alkanes) is 1. The van der Waals surface area contributed by atoms with Crippen LogP contribution >= 0.6 is 0 Å². The van der Waals surface area contributed by atoms with Crippen LogP contribution in [0, 0.1) is 17.8 Å². The molecule has 4 nitrogen and oxygen atoms in total. The van der Waals surface area contributed by atoms with Gasteiger partial charge in [-0.15, -0.1) is 0 Å². The van der Waals surface area contributed by atoms with E-state index in [1.807, 2.05) is 18.2 Å². The van der Waals surface area contributed by atoms with Crippen molar-refractivity contribution >= 4 is 5.91 Å². The fraction of sp³-hybridized carbons (Fsp3) is 0.682. The second-order valence-electron chi connectivity index (χ2n) is 8.72. The third-order valence-corrected chi connectivity index (χ3v) is 6.60. The van der Waals surface area contributed by atoms with E-state index < -0.39 is 0 Å². The molecule has 4 bridgehead atoms. The highest BCUT2D eigenvalue weighted by atomic mass is 16.5. The molecule has 0 aliphatic heterocycles. The van der Waals surface area contributed by atoms with Gasteiger partial charge in [-0.05, 0) is 80.9 Å². The minimum Gasteiger partial charge on any atom is -0.493 e. The molecule has 26 heavy (non-hydrogen) atoms. The first-order chi connectivity index (χ1) is 12.6. The topological polar surface area (TPSA) is 47.6 Å². The van der Waals surface area contributed by atoms with Gasteiger partial charge in [0.1, 0.15) is 0 Å². The van der Waals surface area contributed by atoms with Gasteiger partial charge in [0.05, 0.1) is 13.7 Å². The van der Waals surface area contributed by atoms with Crippen LogP contribution in [-0.2, 0) is 0 Å². The lowest BCUT2D eigenvalue weighted by Crippen LogP contribution is -2.59. The molecule has 0 atom stereocenters. The number of carbonyl (C=O) groups excluding carboxylic acids is 1. The van der Waals surface area contributed by atoms with Gasteiger partial charge in [-0.2, -0.15) is 0 Å². The van der Waals surface area contributed by atoms with E-state index in [0.29, 0.717) is 23.7 Å². The number of hydrogen-bond acceptors (Lipinski definition) is 3. The molecule has 0 radical (unpaired) electrons. The minimum absolute atomic E-state index is 0.0327. The Bertz CT molecular complexity index is 634. The van der Waals surface area contributed by atoms with Crippen LogP contribution in [0.4, 0.5) is 0 Å². The van der Waals surface area contributed by atoms with Crippen molar-refractivity contribution in [3.05, 3.63) is 23.8 Å². The van der Waals surface area contributed by atoms with E-state index in [9.17, 15) is 4.79 Å². The van der Waals surface area contributed by atoms with Gasteiger partial charge in [-0.1, -0.05) is 13.3 Å². The SMILES string of the molecule is CCCCOc1ccc(C(=O)NC23CC4CC(CC(C4)C2)C3)cc1OC. The van der Waals surface area contributed by atoms with Crippen molar-refractivity contribution in [3.8, 4) is 11.5 Å². The number of nitrogens with one attached hydrogen (secondary N) is 1. The molecule has 1 aromatic rings. The van der Waals surface area contributed by atoms with Crippen LogP contribution in [0.3, 0.4) is 0 Å². The molecule has 0 aromatic heterocycles. The van der Waals surface area contributed by atoms with E-state index in [2.05, 4.69) is 12.2 Å². The van der Waals surface area contributed by atoms with E-state index >= 15 is 0 Å². The lowest BCUT2D eigenvalue weighted by molar-refractivity contribution is -0.0167. The summed E-state index contributed by atoms with van der Waals surface area (Å²) in [6, 6.07) is 5.54. The summed E-state index contributed by atoms with van der Waals surface area (Å²) in [5.74, 6) is 3.86. The van der Waals surface area contributed by atoms with Gasteiger partial charge in [-0.25, -0.2) is 0 Å². The molecule has 4 heteroatoms. The molecule has 0 saturated heterocycles. The average Bonchev–Trinajstić information content (AvgIpc) is 2.60. The molecule has 1 aromatic carbocycles. The Morgan fingerprint density at radius 2 is 1.77 bits per heavy atom. The molecule has 4 aliphatic rings. The van der Waals surface area contributed by atoms with Gasteiger partial charge in [-0.3, -0.25) is 4.79 Å². The molecule has 1 N–H and O–H groups in total. The van der Waals surface area contributed by atoms with Crippen LogP contribution in [0.2, 0.25) is 0 Å². The molecular weight excluding hydrogens is 326 g/mol. The Morgan fingerprint density at radius 3 is 2.35 bits per heavy atom. The third-order valence-electron chi connectivity index (χ3n) is 6.60. The first kappa shape index (κ1) is 17.7. The molecule has 1 amide bonds. The van der Waals surface area contributed by atoms with E-state index in [-0.39, 0.29) is 11.4 Å². The highest BCUT2D eigenvalue weighted by molar-refractivity contribution is 5.95. The van der Waals surface area contributed by atoms with Crippen molar-refractivity contribution < 1.29 is 14.3 Å². The Kier molecular flexibility index (Phi) is 4.85. The maximum atomic E-state index is 13.0. The van der Waals surface area contributed by atoms with Crippen LogP contribution in [0.15, 0.2) is 18.2 Å². The smallest absolute Gasteiger partial charge is 0.251 e. The second kappa shape index (κ2) is 7.13. The van der Waals surface area contributed by atoms with Crippen molar-refractivity contribution in [3.63, 3.8) is 0 Å². The molecule has 142 valence electrons. The van der Waals surface area contributed by atoms with E-state index in [1.165, 1.54) is 38.5 Å². The summed E-state index contributed by atoms with van der Waals surface area (Å²) < 4.78 is 11.2. The summed E-state index contributed by atoms with van der Waals surface area (Å²) in [7, 11) is 1.63. The van der Waals surface area contributed by atoms with Crippen LogP contribution in [0.25, 0.3) is 0 Å². The zero-order valence-electron chi connectivity index (χ0n) is 16.1. The number of rotatable bonds is 7. The predicted molar refractivity (Wildman–Crippen MR) is 102 cm³/mol. The average molecular weight is 357 g/mol. The van der Waals surface area contributed by atoms with Gasteiger partial charge in [0, 0.05) is 11.1 Å². The Labute approximate surface area is 156 Å². The number of amides is 1. The van der Waals surface area contributed by atoms with Gasteiger partial charge in [0.15, 0.2) is 11.5 Å². The van der Waals surface area contributed by atoms with Crippen molar-refractivity contribution in [1.29, 1.82) is 0 Å². The van der Waals surface area contributed by atoms with Crippen molar-refractivity contribution in [2.24, 2.45) is 17.8 Å². The molecule has 5 rings (SSSR count). The summed E-state index contributed by atoms with van der Waals surface area (Å²) in [4.78, 5) is 13.0. The van der Waals surface area contributed by atoms with E-state index in [1.54, 1.807) is 7.11 Å². The predicted octanol–water partition coefficient (Wildman–Crippen LogP) is 4.57. The van der Waals surface area contributed by atoms with Crippen LogP contribution in [-0.4, -0.2) is 25.2 Å². The molecule has 0 heterocycles. The zero-order valence-corrected chi connectivity index (χ0v) is 16.1. The Morgan fingerprint density at radius 1 is 1.12 bits per heavy atom. The number of benzene rings is 1. The van der Waals surface area contributed by atoms with Crippen LogP contribution in [0.5, 0.6) is 11.5 Å². The first-order valence-electron chi connectivity index (χ1n) is 10.2. The molecule has 4 saturated carbocycles. The summed E-state index contributed by atoms with van der Waals surface area (Å²) in [5, 5.41) is 3.43. The van der Waals surface area contributed by atoms with Gasteiger partial charge in [0.25, 0.3) is 5.91 Å². The maximum Gasteiger partial charge on any atom is 0.251 e. The summed E-state index contributed by atoms with van der Waals surface area (Å²) in [6.07, 6.45) is 9.75. The van der Waals surface area contributed by atoms with Crippen LogP contribution in [0.1, 0.15) is 68.6 Å². The van der Waals surface area contributed by atoms with E-state index in [0.717, 1.165) is 30.6 Å². The third kappa shape index (κ3) is 3.43. The molecular formula is C22H31NO3. The largest absolute Gasteiger partial charge is 0.493 e. The lowest BCUT2D eigenvalue weighted by atomic mass is 9.53. The number of methoxy groups -OCH3 is 1. The molecule has 4 fully saturated rings. The van der Waals surface area contributed by atoms with Crippen molar-refractivity contribution in [2.75, 3.05) is 13.7 Å². The van der Waals surface area contributed by atoms with Gasteiger partial charge >= 0.3 is 0 Å². The Hall–Kier alpha value is -1.71. The summed E-state index contributed by atoms with van der Waals surface area (Å²) in [5.41, 5.74) is 0.704.